The van der Waals surface area contributed by atoms with Crippen molar-refractivity contribution in [3.63, 3.8) is 0 Å². The van der Waals surface area contributed by atoms with Crippen molar-refractivity contribution in [2.24, 2.45) is 0 Å². The molecule has 2 aliphatic heterocycles. The summed E-state index contributed by atoms with van der Waals surface area (Å²) in [7, 11) is 0. The highest BCUT2D eigenvalue weighted by atomic mass is 19.4. The van der Waals surface area contributed by atoms with Crippen molar-refractivity contribution in [2.75, 3.05) is 13.1 Å². The monoisotopic (exact) mass is 278 g/mol. The summed E-state index contributed by atoms with van der Waals surface area (Å²) in [5.74, 6) is -0.349. The first kappa shape index (κ1) is 14.6. The Balaban J connectivity index is 1.89. The highest BCUT2D eigenvalue weighted by molar-refractivity contribution is 5.77. The molecular weight excluding hydrogens is 257 g/mol. The van der Waals surface area contributed by atoms with Crippen LogP contribution >= 0.6 is 0 Å². The number of hydrogen-bond donors (Lipinski definition) is 0. The first-order valence-electron chi connectivity index (χ1n) is 6.71. The number of fused-ring (bicyclic) bond motifs is 2. The van der Waals surface area contributed by atoms with Crippen molar-refractivity contribution in [3.05, 3.63) is 0 Å². The zero-order valence-corrected chi connectivity index (χ0v) is 11.6. The van der Waals surface area contributed by atoms with Crippen molar-refractivity contribution in [1.82, 2.24) is 9.80 Å². The van der Waals surface area contributed by atoms with Gasteiger partial charge in [-0.15, -0.1) is 0 Å². The van der Waals surface area contributed by atoms with Gasteiger partial charge in [0.1, 0.15) is 0 Å². The Kier molecular flexibility index (Phi) is 3.58. The molecule has 2 saturated heterocycles. The van der Waals surface area contributed by atoms with Crippen molar-refractivity contribution in [3.8, 4) is 0 Å². The van der Waals surface area contributed by atoms with E-state index < -0.39 is 19.0 Å². The Labute approximate surface area is 111 Å². The molecule has 0 spiro atoms. The lowest BCUT2D eigenvalue weighted by atomic mass is 10.0. The molecule has 2 aliphatic rings. The van der Waals surface area contributed by atoms with Crippen LogP contribution in [-0.4, -0.2) is 52.6 Å². The quantitative estimate of drug-likeness (QED) is 0.774. The first-order chi connectivity index (χ1) is 8.58. The lowest BCUT2D eigenvalue weighted by molar-refractivity contribution is -0.150. The van der Waals surface area contributed by atoms with Crippen LogP contribution in [0.25, 0.3) is 0 Å². The summed E-state index contributed by atoms with van der Waals surface area (Å²) in [5.41, 5.74) is 0.0561. The van der Waals surface area contributed by atoms with Gasteiger partial charge in [-0.1, -0.05) is 0 Å². The molecule has 0 saturated carbocycles. The van der Waals surface area contributed by atoms with Gasteiger partial charge in [0.05, 0.1) is 6.42 Å². The fraction of sp³-hybridized carbons (Fsp3) is 0.923. The van der Waals surface area contributed by atoms with Crippen LogP contribution in [0, 0.1) is 0 Å². The van der Waals surface area contributed by atoms with Crippen molar-refractivity contribution in [1.29, 1.82) is 0 Å². The Bertz CT molecular complexity index is 362. The van der Waals surface area contributed by atoms with Gasteiger partial charge in [-0.05, 0) is 27.2 Å². The molecule has 19 heavy (non-hydrogen) atoms. The normalized spacial score (nSPS) is 28.2. The Hall–Kier alpha value is -0.780. The number of likely N-dealkylation sites (tertiary alicyclic amines) is 2. The zero-order valence-electron chi connectivity index (χ0n) is 11.6. The molecule has 2 bridgehead atoms. The molecule has 0 radical (unpaired) electrons. The molecule has 6 heteroatoms. The second kappa shape index (κ2) is 4.65. The molecule has 0 aromatic rings. The Morgan fingerprint density at radius 2 is 1.79 bits per heavy atom. The number of rotatable bonds is 2. The number of carbonyl (C=O) groups is 1. The smallest absolute Gasteiger partial charge is 0.337 e. The molecule has 0 aromatic heterocycles. The van der Waals surface area contributed by atoms with E-state index in [0.717, 1.165) is 13.0 Å². The van der Waals surface area contributed by atoms with Crippen LogP contribution in [0.1, 0.15) is 40.0 Å². The highest BCUT2D eigenvalue weighted by Gasteiger charge is 2.48. The number of hydrogen-bond acceptors (Lipinski definition) is 2. The van der Waals surface area contributed by atoms with E-state index in [1.807, 2.05) is 0 Å². The van der Waals surface area contributed by atoms with E-state index in [1.165, 1.54) is 0 Å². The lowest BCUT2D eigenvalue weighted by Crippen LogP contribution is -2.54. The summed E-state index contributed by atoms with van der Waals surface area (Å²) in [6.45, 7) is 7.75. The zero-order chi connectivity index (χ0) is 14.4. The fourth-order valence-electron chi connectivity index (χ4n) is 3.19. The maximum atomic E-state index is 12.1. The van der Waals surface area contributed by atoms with Gasteiger partial charge < -0.3 is 4.90 Å². The summed E-state index contributed by atoms with van der Waals surface area (Å²) in [4.78, 5) is 15.8. The maximum absolute atomic E-state index is 12.1. The fourth-order valence-corrected chi connectivity index (χ4v) is 3.19. The average Bonchev–Trinajstić information content (AvgIpc) is 2.82. The van der Waals surface area contributed by atoms with Gasteiger partial charge in [0.2, 0.25) is 5.91 Å². The third-order valence-electron chi connectivity index (χ3n) is 4.04. The Morgan fingerprint density at radius 1 is 1.16 bits per heavy atom. The summed E-state index contributed by atoms with van der Waals surface area (Å²) in [6, 6.07) is 0.407. The van der Waals surface area contributed by atoms with E-state index >= 15 is 0 Å². The van der Waals surface area contributed by atoms with E-state index in [0.29, 0.717) is 12.6 Å². The first-order valence-corrected chi connectivity index (χ1v) is 6.71. The van der Waals surface area contributed by atoms with E-state index in [2.05, 4.69) is 25.7 Å². The lowest BCUT2D eigenvalue weighted by Gasteiger charge is -2.42. The van der Waals surface area contributed by atoms with Gasteiger partial charge in [-0.25, -0.2) is 0 Å². The molecule has 0 aliphatic carbocycles. The predicted octanol–water partition coefficient (Wildman–Crippen LogP) is 2.41. The largest absolute Gasteiger partial charge is 0.389 e. The molecular formula is C13H21F3N2O. The third kappa shape index (κ3) is 3.22. The van der Waals surface area contributed by atoms with Crippen LogP contribution in [-0.2, 0) is 4.79 Å². The van der Waals surface area contributed by atoms with Crippen LogP contribution in [0.5, 0.6) is 0 Å². The number of nitrogens with zero attached hydrogens (tertiary/aromatic N) is 2. The minimum absolute atomic E-state index is 0.0561. The summed E-state index contributed by atoms with van der Waals surface area (Å²) >= 11 is 0. The molecule has 3 nitrogen and oxygen atoms in total. The van der Waals surface area contributed by atoms with Gasteiger partial charge in [0, 0.05) is 37.1 Å². The molecule has 1 amide bonds. The van der Waals surface area contributed by atoms with Gasteiger partial charge >= 0.3 is 6.18 Å². The molecule has 2 heterocycles. The summed E-state index contributed by atoms with van der Waals surface area (Å²) in [6.07, 6.45) is -4.77. The van der Waals surface area contributed by atoms with Crippen LogP contribution in [0.2, 0.25) is 0 Å². The number of halogens is 3. The van der Waals surface area contributed by atoms with Crippen molar-refractivity contribution >= 4 is 5.91 Å². The van der Waals surface area contributed by atoms with E-state index in [9.17, 15) is 18.0 Å². The molecule has 0 aromatic carbocycles. The van der Waals surface area contributed by atoms with E-state index in [1.54, 1.807) is 4.90 Å². The van der Waals surface area contributed by atoms with E-state index in [4.69, 9.17) is 0 Å². The van der Waals surface area contributed by atoms with Gasteiger partial charge in [-0.2, -0.15) is 13.2 Å². The van der Waals surface area contributed by atoms with Crippen LogP contribution < -0.4 is 0 Å². The van der Waals surface area contributed by atoms with Crippen LogP contribution in [0.4, 0.5) is 13.2 Å². The number of piperazine rings is 1. The third-order valence-corrected chi connectivity index (χ3v) is 4.04. The predicted molar refractivity (Wildman–Crippen MR) is 65.7 cm³/mol. The minimum atomic E-state index is -4.24. The minimum Gasteiger partial charge on any atom is -0.337 e. The summed E-state index contributed by atoms with van der Waals surface area (Å²) in [5, 5.41) is 0. The van der Waals surface area contributed by atoms with Gasteiger partial charge in [0.25, 0.3) is 0 Å². The van der Waals surface area contributed by atoms with Gasteiger partial charge in [0.15, 0.2) is 0 Å². The molecule has 0 N–H and O–H groups in total. The molecule has 2 rings (SSSR count). The average molecular weight is 278 g/mol. The number of carbonyl (C=O) groups excluding carboxylic acids is 1. The van der Waals surface area contributed by atoms with Gasteiger partial charge in [-0.3, -0.25) is 9.69 Å². The second-order valence-corrected chi connectivity index (χ2v) is 6.53. The topological polar surface area (TPSA) is 23.6 Å². The number of alkyl halides is 3. The standard InChI is InChI=1S/C13H21F3N2O/c1-12(2,3)18-8-9-6-10(18)7-17(9)11(19)4-5-13(14,15)16/h9-10H,4-8H2,1-3H3/t9-,10-/m1/s1. The number of amides is 1. The van der Waals surface area contributed by atoms with Crippen LogP contribution in [0.15, 0.2) is 0 Å². The van der Waals surface area contributed by atoms with Crippen molar-refractivity contribution < 1.29 is 18.0 Å². The Morgan fingerprint density at radius 3 is 2.21 bits per heavy atom. The molecule has 110 valence electrons. The summed E-state index contributed by atoms with van der Waals surface area (Å²) < 4.78 is 36.4. The SMILES string of the molecule is CC(C)(C)N1C[C@H]2C[C@@H]1CN2C(=O)CCC(F)(F)F. The van der Waals surface area contributed by atoms with E-state index in [-0.39, 0.29) is 17.5 Å². The molecule has 0 unspecified atom stereocenters. The van der Waals surface area contributed by atoms with Crippen LogP contribution in [0.3, 0.4) is 0 Å². The highest BCUT2D eigenvalue weighted by Crippen LogP contribution is 2.36. The molecule has 2 atom stereocenters. The maximum Gasteiger partial charge on any atom is 0.389 e. The second-order valence-electron chi connectivity index (χ2n) is 6.53. The molecule has 2 fully saturated rings. The van der Waals surface area contributed by atoms with Crippen molar-refractivity contribution in [2.45, 2.75) is 63.8 Å².